The summed E-state index contributed by atoms with van der Waals surface area (Å²) in [5.41, 5.74) is 1.60. The number of likely N-dealkylation sites (tertiary alicyclic amines) is 1. The predicted molar refractivity (Wildman–Crippen MR) is 86.1 cm³/mol. The van der Waals surface area contributed by atoms with Gasteiger partial charge in [0.2, 0.25) is 0 Å². The van der Waals surface area contributed by atoms with Crippen LogP contribution in [0.5, 0.6) is 0 Å². The van der Waals surface area contributed by atoms with Crippen molar-refractivity contribution in [1.82, 2.24) is 4.90 Å². The maximum Gasteiger partial charge on any atom is 0.410 e. The van der Waals surface area contributed by atoms with Gasteiger partial charge in [-0.3, -0.25) is 0 Å². The Morgan fingerprint density at radius 1 is 1.32 bits per heavy atom. The van der Waals surface area contributed by atoms with Gasteiger partial charge in [0.15, 0.2) is 0 Å². The van der Waals surface area contributed by atoms with Crippen molar-refractivity contribution in [2.24, 2.45) is 5.92 Å². The second-order valence-electron chi connectivity index (χ2n) is 6.75. The Bertz CT molecular complexity index is 549. The average Bonchev–Trinajstić information content (AvgIpc) is 2.48. The molecule has 0 aromatic heterocycles. The molecule has 1 aliphatic carbocycles. The number of carbonyl (C=O) groups is 1. The van der Waals surface area contributed by atoms with Crippen molar-refractivity contribution in [2.75, 3.05) is 13.1 Å². The van der Waals surface area contributed by atoms with Crippen molar-refractivity contribution in [2.45, 2.75) is 45.6 Å². The molecule has 1 fully saturated rings. The topological polar surface area (TPSA) is 53.3 Å². The van der Waals surface area contributed by atoms with Crippen molar-refractivity contribution < 1.29 is 9.53 Å². The van der Waals surface area contributed by atoms with Gasteiger partial charge in [-0.25, -0.2) is 4.79 Å². The molecule has 2 rings (SSSR count). The minimum absolute atomic E-state index is 0.193. The fraction of sp³-hybridized carbons (Fsp3) is 0.556. The molecule has 4 heteroatoms. The smallest absolute Gasteiger partial charge is 0.410 e. The summed E-state index contributed by atoms with van der Waals surface area (Å²) >= 11 is 0. The monoisotopic (exact) mass is 300 g/mol. The number of hydrogen-bond acceptors (Lipinski definition) is 3. The fourth-order valence-corrected chi connectivity index (χ4v) is 2.77. The van der Waals surface area contributed by atoms with E-state index >= 15 is 0 Å². The van der Waals surface area contributed by atoms with E-state index in [2.05, 4.69) is 18.2 Å². The molecule has 1 aliphatic heterocycles. The summed E-state index contributed by atoms with van der Waals surface area (Å²) in [5, 5.41) is 9.49. The molecule has 0 N–H and O–H groups in total. The van der Waals surface area contributed by atoms with E-state index < -0.39 is 5.60 Å². The molecule has 118 valence electrons. The molecule has 1 atom stereocenters. The molecule has 1 amide bonds. The van der Waals surface area contributed by atoms with Gasteiger partial charge in [-0.15, -0.1) is 0 Å². The molecule has 2 aliphatic rings. The second-order valence-corrected chi connectivity index (χ2v) is 6.75. The highest BCUT2D eigenvalue weighted by molar-refractivity contribution is 5.68. The van der Waals surface area contributed by atoms with Gasteiger partial charge in [-0.1, -0.05) is 29.9 Å². The number of allylic oxidation sites excluding steroid dienone is 5. The van der Waals surface area contributed by atoms with Crippen molar-refractivity contribution in [3.05, 3.63) is 35.5 Å². The first kappa shape index (κ1) is 16.4. The Kier molecular flexibility index (Phi) is 5.07. The first-order valence-electron chi connectivity index (χ1n) is 7.84. The van der Waals surface area contributed by atoms with Gasteiger partial charge in [0.1, 0.15) is 5.60 Å². The van der Waals surface area contributed by atoms with Gasteiger partial charge in [0.25, 0.3) is 0 Å². The normalized spacial score (nSPS) is 21.5. The van der Waals surface area contributed by atoms with Crippen LogP contribution in [0, 0.1) is 17.2 Å². The third-order valence-electron chi connectivity index (χ3n) is 3.87. The van der Waals surface area contributed by atoms with E-state index in [1.54, 1.807) is 4.90 Å². The zero-order valence-corrected chi connectivity index (χ0v) is 13.6. The fourth-order valence-electron chi connectivity index (χ4n) is 2.77. The van der Waals surface area contributed by atoms with Crippen LogP contribution in [0.25, 0.3) is 0 Å². The van der Waals surface area contributed by atoms with Crippen LogP contribution in [0.1, 0.15) is 40.0 Å². The van der Waals surface area contributed by atoms with Crippen LogP contribution in [0.2, 0.25) is 0 Å². The Morgan fingerprint density at radius 3 is 2.50 bits per heavy atom. The van der Waals surface area contributed by atoms with E-state index in [9.17, 15) is 10.1 Å². The number of nitrogens with zero attached hydrogens (tertiary/aromatic N) is 2. The van der Waals surface area contributed by atoms with E-state index in [1.165, 1.54) is 5.57 Å². The minimum atomic E-state index is -0.468. The number of amides is 1. The van der Waals surface area contributed by atoms with Crippen molar-refractivity contribution in [1.29, 1.82) is 5.26 Å². The van der Waals surface area contributed by atoms with E-state index in [0.29, 0.717) is 13.1 Å². The zero-order valence-electron chi connectivity index (χ0n) is 13.6. The van der Waals surface area contributed by atoms with Gasteiger partial charge < -0.3 is 9.64 Å². The number of ether oxygens (including phenoxy) is 1. The Labute approximate surface area is 132 Å². The molecule has 0 bridgehead atoms. The van der Waals surface area contributed by atoms with Crippen LogP contribution in [-0.4, -0.2) is 29.7 Å². The molecular weight excluding hydrogens is 276 g/mol. The molecule has 1 heterocycles. The van der Waals surface area contributed by atoms with E-state index in [4.69, 9.17) is 4.74 Å². The number of nitriles is 1. The highest BCUT2D eigenvalue weighted by Gasteiger charge is 2.26. The summed E-state index contributed by atoms with van der Waals surface area (Å²) in [6, 6.07) is 2.38. The first-order chi connectivity index (χ1) is 10.4. The Hall–Kier alpha value is -2.02. The maximum atomic E-state index is 12.1. The quantitative estimate of drug-likeness (QED) is 0.688. The van der Waals surface area contributed by atoms with Crippen molar-refractivity contribution >= 4 is 6.09 Å². The van der Waals surface area contributed by atoms with Crippen LogP contribution in [0.3, 0.4) is 0 Å². The van der Waals surface area contributed by atoms with Crippen LogP contribution >= 0.6 is 0 Å². The minimum Gasteiger partial charge on any atom is -0.444 e. The number of carbonyl (C=O) groups excluding carboxylic acids is 1. The molecular formula is C18H24N2O2. The lowest BCUT2D eigenvalue weighted by Crippen LogP contribution is -2.40. The lowest BCUT2D eigenvalue weighted by atomic mass is 9.86. The third-order valence-corrected chi connectivity index (χ3v) is 3.87. The molecule has 1 saturated heterocycles. The summed E-state index contributed by atoms with van der Waals surface area (Å²) in [6.45, 7) is 6.87. The summed E-state index contributed by atoms with van der Waals surface area (Å²) in [4.78, 5) is 13.8. The van der Waals surface area contributed by atoms with Crippen molar-refractivity contribution in [3.63, 3.8) is 0 Å². The Morgan fingerprint density at radius 2 is 2.00 bits per heavy atom. The van der Waals surface area contributed by atoms with Gasteiger partial charge in [0.05, 0.1) is 6.07 Å². The average molecular weight is 300 g/mol. The highest BCUT2D eigenvalue weighted by Crippen LogP contribution is 2.29. The number of piperidine rings is 1. The van der Waals surface area contributed by atoms with Crippen LogP contribution in [0.15, 0.2) is 35.5 Å². The third kappa shape index (κ3) is 4.24. The first-order valence-corrected chi connectivity index (χ1v) is 7.84. The van der Waals surface area contributed by atoms with E-state index in [0.717, 1.165) is 24.8 Å². The summed E-state index contributed by atoms with van der Waals surface area (Å²) in [6.07, 6.45) is 10.4. The largest absolute Gasteiger partial charge is 0.444 e. The lowest BCUT2D eigenvalue weighted by Gasteiger charge is -2.32. The number of rotatable bonds is 1. The summed E-state index contributed by atoms with van der Waals surface area (Å²) in [5.74, 6) is 0.193. The summed E-state index contributed by atoms with van der Waals surface area (Å²) in [7, 11) is 0. The van der Waals surface area contributed by atoms with Crippen LogP contribution in [-0.2, 0) is 4.74 Å². The summed E-state index contributed by atoms with van der Waals surface area (Å²) < 4.78 is 5.40. The standard InChI is InChI=1S/C18H24N2O2/c1-18(2,3)22-17(21)20-11-9-15(10-12-20)16(13-19)14-7-5-4-6-8-14/h4-7,14H,8-12H2,1-3H3. The molecule has 0 aromatic carbocycles. The van der Waals surface area contributed by atoms with E-state index in [1.807, 2.05) is 32.9 Å². The van der Waals surface area contributed by atoms with Crippen molar-refractivity contribution in [3.8, 4) is 6.07 Å². The highest BCUT2D eigenvalue weighted by atomic mass is 16.6. The maximum absolute atomic E-state index is 12.1. The second kappa shape index (κ2) is 6.83. The Balaban J connectivity index is 2.00. The molecule has 0 radical (unpaired) electrons. The predicted octanol–water partition coefficient (Wildman–Crippen LogP) is 3.97. The molecule has 22 heavy (non-hydrogen) atoms. The van der Waals surface area contributed by atoms with Crippen LogP contribution in [0.4, 0.5) is 4.79 Å². The zero-order chi connectivity index (χ0) is 16.2. The molecule has 0 spiro atoms. The van der Waals surface area contributed by atoms with E-state index in [-0.39, 0.29) is 12.0 Å². The molecule has 4 nitrogen and oxygen atoms in total. The van der Waals surface area contributed by atoms with Crippen LogP contribution < -0.4 is 0 Å². The van der Waals surface area contributed by atoms with Gasteiger partial charge >= 0.3 is 6.09 Å². The SMILES string of the molecule is CC(C)(C)OC(=O)N1CCC(=C(C#N)C2C=CC=CC2)CC1. The lowest BCUT2D eigenvalue weighted by molar-refractivity contribution is 0.0236. The molecule has 1 unspecified atom stereocenters. The number of hydrogen-bond donors (Lipinski definition) is 0. The van der Waals surface area contributed by atoms with Gasteiger partial charge in [-0.2, -0.15) is 5.26 Å². The molecule has 0 aromatic rings. The molecule has 0 saturated carbocycles. The van der Waals surface area contributed by atoms with Gasteiger partial charge in [-0.05, 0) is 40.0 Å². The van der Waals surface area contributed by atoms with Gasteiger partial charge in [0, 0.05) is 24.6 Å².